The number of hydrogen-bond donors (Lipinski definition) is 0. The minimum atomic E-state index is 0. The molecule has 0 unspecified atom stereocenters. The Morgan fingerprint density at radius 1 is 0.833 bits per heavy atom. The number of unbranched alkanes of at least 4 members (excludes halogenated alkanes) is 3. The number of hydrogen-bond acceptors (Lipinski definition) is 0. The predicted octanol–water partition coefficient (Wildman–Crippen LogP) is 2.11. The van der Waals surface area contributed by atoms with Crippen LogP contribution in [0.1, 0.15) is 51.4 Å². The van der Waals surface area contributed by atoms with Gasteiger partial charge >= 0.3 is 23.1 Å². The zero-order valence-electron chi connectivity index (χ0n) is 11.8. The van der Waals surface area contributed by atoms with Gasteiger partial charge in [-0.25, -0.2) is 0 Å². The predicted molar refractivity (Wildman–Crippen MR) is 81.1 cm³/mol. The van der Waals surface area contributed by atoms with Crippen LogP contribution in [0.5, 0.6) is 0 Å². The van der Waals surface area contributed by atoms with Gasteiger partial charge in [0.25, 0.3) is 0 Å². The number of rotatable bonds is 11. The smallest absolute Gasteiger partial charge is 1.00 e. The molecule has 0 amide bonds. The van der Waals surface area contributed by atoms with Gasteiger partial charge in [0, 0.05) is 0 Å². The van der Waals surface area contributed by atoms with E-state index in [0.29, 0.717) is 5.41 Å². The molecule has 0 saturated carbocycles. The van der Waals surface area contributed by atoms with Gasteiger partial charge in [-0.1, -0.05) is 37.5 Å². The maximum Gasteiger partial charge on any atom is 2.00 e. The average molecular weight is 279 g/mol. The Hall–Kier alpha value is 0.276. The van der Waals surface area contributed by atoms with E-state index < -0.39 is 0 Å². The van der Waals surface area contributed by atoms with Crippen LogP contribution in [0.15, 0.2) is 38.0 Å². The quantitative estimate of drug-likeness (QED) is 0.235. The molecule has 100 valence electrons. The Kier molecular flexibility index (Phi) is 19.9. The Labute approximate surface area is 137 Å². The maximum atomic E-state index is 3.88. The molecule has 2 heteroatoms. The third-order valence-corrected chi connectivity index (χ3v) is 3.19. The summed E-state index contributed by atoms with van der Waals surface area (Å²) < 4.78 is 0. The van der Waals surface area contributed by atoms with E-state index >= 15 is 0 Å². The second-order valence-electron chi connectivity index (χ2n) is 4.64. The summed E-state index contributed by atoms with van der Waals surface area (Å²) in [4.78, 5) is 0. The van der Waals surface area contributed by atoms with Crippen LogP contribution in [0, 0.1) is 12.3 Å². The largest absolute Gasteiger partial charge is 2.00 e. The summed E-state index contributed by atoms with van der Waals surface area (Å²) in [5.74, 6) is 0. The molecule has 0 fully saturated rings. The van der Waals surface area contributed by atoms with Crippen molar-refractivity contribution in [3.05, 3.63) is 44.9 Å². The Balaban J connectivity index is -0.00000112. The molecule has 0 aliphatic rings. The normalized spacial score (nSPS) is 9.83. The van der Waals surface area contributed by atoms with Crippen molar-refractivity contribution in [3.63, 3.8) is 0 Å². The summed E-state index contributed by atoms with van der Waals surface area (Å²) in [7, 11) is 0. The molecule has 0 atom stereocenters. The van der Waals surface area contributed by atoms with Gasteiger partial charge in [-0.05, 0) is 31.1 Å². The first kappa shape index (κ1) is 23.4. The zero-order chi connectivity index (χ0) is 12.3. The van der Waals surface area contributed by atoms with E-state index in [0.717, 1.165) is 25.7 Å². The van der Waals surface area contributed by atoms with E-state index in [1.807, 2.05) is 18.2 Å². The molecule has 0 heterocycles. The third-order valence-electron chi connectivity index (χ3n) is 3.19. The van der Waals surface area contributed by atoms with Crippen LogP contribution in [-0.4, -0.2) is 23.1 Å². The summed E-state index contributed by atoms with van der Waals surface area (Å²) in [6, 6.07) is 0. The second kappa shape index (κ2) is 15.3. The molecule has 0 bridgehead atoms. The van der Waals surface area contributed by atoms with Crippen molar-refractivity contribution in [1.29, 1.82) is 0 Å². The van der Waals surface area contributed by atoms with Crippen molar-refractivity contribution in [1.82, 2.24) is 0 Å². The molecule has 0 aliphatic heterocycles. The fraction of sp³-hybridized carbons (Fsp3) is 0.562. The molecular formula is C16H27ClMg. The van der Waals surface area contributed by atoms with Gasteiger partial charge in [0.05, 0.1) is 0 Å². The van der Waals surface area contributed by atoms with Crippen LogP contribution in [0.2, 0.25) is 0 Å². The summed E-state index contributed by atoms with van der Waals surface area (Å²) in [5, 5.41) is 0. The summed E-state index contributed by atoms with van der Waals surface area (Å²) >= 11 is 0. The van der Waals surface area contributed by atoms with Crippen molar-refractivity contribution in [2.75, 3.05) is 0 Å². The van der Waals surface area contributed by atoms with Gasteiger partial charge in [-0.15, -0.1) is 19.7 Å². The van der Waals surface area contributed by atoms with E-state index in [9.17, 15) is 0 Å². The molecule has 0 aliphatic carbocycles. The van der Waals surface area contributed by atoms with Gasteiger partial charge in [-0.2, -0.15) is 6.42 Å². The average Bonchev–Trinajstić information content (AvgIpc) is 2.26. The molecule has 0 rings (SSSR count). The van der Waals surface area contributed by atoms with E-state index in [-0.39, 0.29) is 35.5 Å². The molecule has 0 aromatic heterocycles. The number of allylic oxidation sites excluding steroid dienone is 3. The van der Waals surface area contributed by atoms with Crippen molar-refractivity contribution >= 4 is 23.1 Å². The second-order valence-corrected chi connectivity index (χ2v) is 4.64. The standard InChI is InChI=1S/C16H27.ClH.Mg/c1-5-9-10-11-15-16(12-6-2,13-7-3)14-8-4;;/h6-8H,1-5,9-15H2;1H;/q-1;;+2/p-1. The van der Waals surface area contributed by atoms with Crippen molar-refractivity contribution in [2.45, 2.75) is 51.4 Å². The van der Waals surface area contributed by atoms with Gasteiger partial charge in [0.1, 0.15) is 0 Å². The van der Waals surface area contributed by atoms with Gasteiger partial charge < -0.3 is 19.3 Å². The fourth-order valence-corrected chi connectivity index (χ4v) is 2.33. The maximum absolute atomic E-state index is 3.88. The van der Waals surface area contributed by atoms with E-state index in [1.165, 1.54) is 25.7 Å². The van der Waals surface area contributed by atoms with Crippen LogP contribution in [0.25, 0.3) is 0 Å². The van der Waals surface area contributed by atoms with Gasteiger partial charge in [0.15, 0.2) is 0 Å². The minimum absolute atomic E-state index is 0. The molecule has 0 spiro atoms. The number of halogens is 1. The topological polar surface area (TPSA) is 0 Å². The molecule has 0 radical (unpaired) electrons. The van der Waals surface area contributed by atoms with E-state index in [2.05, 4.69) is 26.7 Å². The van der Waals surface area contributed by atoms with Gasteiger partial charge in [0.2, 0.25) is 0 Å². The first-order chi connectivity index (χ1) is 7.74. The van der Waals surface area contributed by atoms with Crippen molar-refractivity contribution in [2.24, 2.45) is 5.41 Å². The van der Waals surface area contributed by atoms with Gasteiger partial charge in [-0.3, -0.25) is 0 Å². The summed E-state index contributed by atoms with van der Waals surface area (Å²) in [6.45, 7) is 15.5. The fourth-order valence-electron chi connectivity index (χ4n) is 2.33. The zero-order valence-corrected chi connectivity index (χ0v) is 14.0. The molecule has 18 heavy (non-hydrogen) atoms. The first-order valence-electron chi connectivity index (χ1n) is 6.36. The summed E-state index contributed by atoms with van der Waals surface area (Å²) in [5.41, 5.74) is 0.326. The molecule has 0 saturated heterocycles. The van der Waals surface area contributed by atoms with Crippen LogP contribution < -0.4 is 12.4 Å². The van der Waals surface area contributed by atoms with Crippen LogP contribution in [0.4, 0.5) is 0 Å². The first-order valence-corrected chi connectivity index (χ1v) is 6.36. The Bertz CT molecular complexity index is 185. The van der Waals surface area contributed by atoms with Crippen molar-refractivity contribution in [3.8, 4) is 0 Å². The van der Waals surface area contributed by atoms with E-state index in [4.69, 9.17) is 0 Å². The molecule has 0 aromatic carbocycles. The molecular weight excluding hydrogens is 252 g/mol. The van der Waals surface area contributed by atoms with Crippen molar-refractivity contribution < 1.29 is 12.4 Å². The SMILES string of the molecule is C=CCC(CC=C)(CC=C)CCCCC[CH2-].[Cl-].[Mg+2]. The van der Waals surface area contributed by atoms with Crippen LogP contribution in [0.3, 0.4) is 0 Å². The molecule has 0 nitrogen and oxygen atoms in total. The Morgan fingerprint density at radius 2 is 1.28 bits per heavy atom. The molecule has 0 aromatic rings. The van der Waals surface area contributed by atoms with Crippen LogP contribution >= 0.6 is 0 Å². The monoisotopic (exact) mass is 278 g/mol. The van der Waals surface area contributed by atoms with Crippen LogP contribution in [-0.2, 0) is 0 Å². The third kappa shape index (κ3) is 10.2. The van der Waals surface area contributed by atoms with E-state index in [1.54, 1.807) is 0 Å². The minimum Gasteiger partial charge on any atom is -1.00 e. The molecule has 0 N–H and O–H groups in total. The Morgan fingerprint density at radius 3 is 1.61 bits per heavy atom. The summed E-state index contributed by atoms with van der Waals surface area (Å²) in [6.07, 6.45) is 15.4.